The van der Waals surface area contributed by atoms with E-state index in [1.165, 1.54) is 6.92 Å². The lowest BCUT2D eigenvalue weighted by Crippen LogP contribution is -2.43. The number of hydrogen-bond acceptors (Lipinski definition) is 5. The van der Waals surface area contributed by atoms with Gasteiger partial charge in [-0.2, -0.15) is 0 Å². The predicted molar refractivity (Wildman–Crippen MR) is 110 cm³/mol. The zero-order valence-electron chi connectivity index (χ0n) is 17.2. The SMILES string of the molecule is Cc1ccc(C(=O)NN2C[C@@H](C(=O)O[C@H](C)C(=O)c3ccc(C)cc3)CC2=O)cc1. The monoisotopic (exact) mass is 408 g/mol. The first-order chi connectivity index (χ1) is 14.2. The molecule has 1 heterocycles. The van der Waals surface area contributed by atoms with Gasteiger partial charge in [0.15, 0.2) is 6.10 Å². The highest BCUT2D eigenvalue weighted by molar-refractivity contribution is 6.00. The third-order valence-electron chi connectivity index (χ3n) is 5.01. The van der Waals surface area contributed by atoms with E-state index in [0.29, 0.717) is 11.1 Å². The number of carbonyl (C=O) groups is 4. The van der Waals surface area contributed by atoms with Gasteiger partial charge in [-0.1, -0.05) is 47.5 Å². The first-order valence-corrected chi connectivity index (χ1v) is 9.74. The summed E-state index contributed by atoms with van der Waals surface area (Å²) in [7, 11) is 0. The topological polar surface area (TPSA) is 92.8 Å². The highest BCUT2D eigenvalue weighted by Gasteiger charge is 2.37. The van der Waals surface area contributed by atoms with Crippen molar-refractivity contribution in [3.05, 3.63) is 70.8 Å². The summed E-state index contributed by atoms with van der Waals surface area (Å²) in [4.78, 5) is 49.4. The summed E-state index contributed by atoms with van der Waals surface area (Å²) in [5, 5.41) is 1.13. The van der Waals surface area contributed by atoms with Crippen LogP contribution in [-0.2, 0) is 14.3 Å². The van der Waals surface area contributed by atoms with E-state index in [4.69, 9.17) is 4.74 Å². The quantitative estimate of drug-likeness (QED) is 0.586. The van der Waals surface area contributed by atoms with Gasteiger partial charge in [0.2, 0.25) is 11.7 Å². The van der Waals surface area contributed by atoms with Gasteiger partial charge >= 0.3 is 5.97 Å². The van der Waals surface area contributed by atoms with E-state index in [1.54, 1.807) is 36.4 Å². The van der Waals surface area contributed by atoms with Crippen molar-refractivity contribution in [2.75, 3.05) is 6.54 Å². The van der Waals surface area contributed by atoms with E-state index >= 15 is 0 Å². The van der Waals surface area contributed by atoms with E-state index in [2.05, 4.69) is 5.43 Å². The van der Waals surface area contributed by atoms with Crippen LogP contribution in [-0.4, -0.2) is 41.2 Å². The van der Waals surface area contributed by atoms with E-state index in [-0.39, 0.29) is 24.7 Å². The lowest BCUT2D eigenvalue weighted by Gasteiger charge is -2.18. The third kappa shape index (κ3) is 4.92. The second kappa shape index (κ2) is 8.90. The van der Waals surface area contributed by atoms with Crippen molar-refractivity contribution < 1.29 is 23.9 Å². The molecule has 0 aliphatic carbocycles. The molecule has 0 saturated carbocycles. The van der Waals surface area contributed by atoms with Crippen LogP contribution in [0, 0.1) is 19.8 Å². The van der Waals surface area contributed by atoms with Gasteiger partial charge in [0, 0.05) is 17.5 Å². The van der Waals surface area contributed by atoms with Crippen molar-refractivity contribution in [3.63, 3.8) is 0 Å². The second-order valence-corrected chi connectivity index (χ2v) is 7.52. The zero-order valence-corrected chi connectivity index (χ0v) is 17.2. The Morgan fingerprint density at radius 2 is 1.50 bits per heavy atom. The fourth-order valence-corrected chi connectivity index (χ4v) is 3.14. The van der Waals surface area contributed by atoms with Gasteiger partial charge in [-0.25, -0.2) is 0 Å². The minimum Gasteiger partial charge on any atom is -0.454 e. The number of esters is 1. The maximum atomic E-state index is 12.5. The molecule has 7 heteroatoms. The van der Waals surface area contributed by atoms with Gasteiger partial charge < -0.3 is 4.74 Å². The molecule has 0 spiro atoms. The summed E-state index contributed by atoms with van der Waals surface area (Å²) in [5.41, 5.74) is 5.43. The molecule has 1 saturated heterocycles. The lowest BCUT2D eigenvalue weighted by molar-refractivity contribution is -0.151. The van der Waals surface area contributed by atoms with Crippen molar-refractivity contribution in [2.45, 2.75) is 33.3 Å². The molecule has 30 heavy (non-hydrogen) atoms. The van der Waals surface area contributed by atoms with Crippen molar-refractivity contribution in [3.8, 4) is 0 Å². The molecule has 1 N–H and O–H groups in total. The molecule has 2 aromatic carbocycles. The van der Waals surface area contributed by atoms with Crippen LogP contribution in [0.5, 0.6) is 0 Å². The molecule has 7 nitrogen and oxygen atoms in total. The van der Waals surface area contributed by atoms with Crippen molar-refractivity contribution in [1.29, 1.82) is 0 Å². The maximum Gasteiger partial charge on any atom is 0.312 e. The summed E-state index contributed by atoms with van der Waals surface area (Å²) in [6.45, 7) is 5.33. The zero-order chi connectivity index (χ0) is 21.8. The molecule has 0 aromatic heterocycles. The molecule has 0 bridgehead atoms. The number of hydrazine groups is 1. The minimum absolute atomic E-state index is 0.000705. The first kappa shape index (κ1) is 21.2. The van der Waals surface area contributed by atoms with Crippen molar-refractivity contribution in [2.24, 2.45) is 5.92 Å². The van der Waals surface area contributed by atoms with Crippen molar-refractivity contribution in [1.82, 2.24) is 10.4 Å². The minimum atomic E-state index is -0.966. The van der Waals surface area contributed by atoms with Gasteiger partial charge in [-0.3, -0.25) is 29.6 Å². The molecule has 2 aromatic rings. The number of aryl methyl sites for hydroxylation is 2. The number of amides is 2. The highest BCUT2D eigenvalue weighted by Crippen LogP contribution is 2.19. The second-order valence-electron chi connectivity index (χ2n) is 7.52. The van der Waals surface area contributed by atoms with Crippen LogP contribution in [0.15, 0.2) is 48.5 Å². The molecule has 2 atom stereocenters. The van der Waals surface area contributed by atoms with Crippen LogP contribution in [0.1, 0.15) is 45.2 Å². The summed E-state index contributed by atoms with van der Waals surface area (Å²) in [5.74, 6) is -2.50. The highest BCUT2D eigenvalue weighted by atomic mass is 16.5. The summed E-state index contributed by atoms with van der Waals surface area (Å²) >= 11 is 0. The predicted octanol–water partition coefficient (Wildman–Crippen LogP) is 2.61. The molecule has 3 rings (SSSR count). The van der Waals surface area contributed by atoms with Crippen LogP contribution in [0.4, 0.5) is 0 Å². The van der Waals surface area contributed by atoms with Gasteiger partial charge in [-0.05, 0) is 32.9 Å². The first-order valence-electron chi connectivity index (χ1n) is 9.74. The van der Waals surface area contributed by atoms with Crippen LogP contribution >= 0.6 is 0 Å². The molecule has 1 aliphatic rings. The van der Waals surface area contributed by atoms with E-state index < -0.39 is 23.9 Å². The summed E-state index contributed by atoms with van der Waals surface area (Å²) in [6, 6.07) is 13.9. The number of ether oxygens (including phenoxy) is 1. The number of hydrogen-bond donors (Lipinski definition) is 1. The average molecular weight is 408 g/mol. The molecule has 0 radical (unpaired) electrons. The molecule has 1 fully saturated rings. The third-order valence-corrected chi connectivity index (χ3v) is 5.01. The van der Waals surface area contributed by atoms with E-state index in [0.717, 1.165) is 16.1 Å². The Bertz CT molecular complexity index is 966. The molecule has 156 valence electrons. The Morgan fingerprint density at radius 3 is 2.07 bits per heavy atom. The Kier molecular flexibility index (Phi) is 6.30. The van der Waals surface area contributed by atoms with E-state index in [9.17, 15) is 19.2 Å². The number of nitrogens with one attached hydrogen (secondary N) is 1. The lowest BCUT2D eigenvalue weighted by atomic mass is 10.1. The number of ketones is 1. The number of carbonyl (C=O) groups excluding carboxylic acids is 4. The van der Waals surface area contributed by atoms with Gasteiger partial charge in [-0.15, -0.1) is 0 Å². The Morgan fingerprint density at radius 1 is 0.967 bits per heavy atom. The largest absolute Gasteiger partial charge is 0.454 e. The Labute approximate surface area is 175 Å². The number of nitrogens with zero attached hydrogens (tertiary/aromatic N) is 1. The Hall–Kier alpha value is -3.48. The maximum absolute atomic E-state index is 12.5. The van der Waals surface area contributed by atoms with Crippen molar-refractivity contribution >= 4 is 23.6 Å². The summed E-state index contributed by atoms with van der Waals surface area (Å²) in [6.07, 6.45) is -1.05. The molecular formula is C23H24N2O5. The van der Waals surface area contributed by atoms with Gasteiger partial charge in [0.05, 0.1) is 12.5 Å². The number of rotatable bonds is 6. The molecule has 2 amide bonds. The Balaban J connectivity index is 1.56. The van der Waals surface area contributed by atoms with Crippen LogP contribution in [0.2, 0.25) is 0 Å². The standard InChI is InChI=1S/C23H24N2O5/c1-14-4-8-17(9-5-14)21(27)16(3)30-23(29)19-12-20(26)25(13-19)24-22(28)18-10-6-15(2)7-11-18/h4-11,16,19H,12-13H2,1-3H3,(H,24,28)/t16-,19+/m1/s1. The van der Waals surface area contributed by atoms with Gasteiger partial charge in [0.25, 0.3) is 5.91 Å². The van der Waals surface area contributed by atoms with Gasteiger partial charge in [0.1, 0.15) is 0 Å². The average Bonchev–Trinajstić information content (AvgIpc) is 3.09. The van der Waals surface area contributed by atoms with Crippen LogP contribution < -0.4 is 5.43 Å². The molecule has 0 unspecified atom stereocenters. The van der Waals surface area contributed by atoms with Crippen LogP contribution in [0.3, 0.4) is 0 Å². The van der Waals surface area contributed by atoms with Crippen LogP contribution in [0.25, 0.3) is 0 Å². The number of Topliss-reactive ketones (excluding diaryl/α,β-unsaturated/α-hetero) is 1. The summed E-state index contributed by atoms with van der Waals surface area (Å²) < 4.78 is 5.30. The fraction of sp³-hybridized carbons (Fsp3) is 0.304. The van der Waals surface area contributed by atoms with E-state index in [1.807, 2.05) is 26.0 Å². The fourth-order valence-electron chi connectivity index (χ4n) is 3.14. The normalized spacial score (nSPS) is 16.8. The molecule has 1 aliphatic heterocycles. The smallest absolute Gasteiger partial charge is 0.312 e. The molecular weight excluding hydrogens is 384 g/mol. The number of benzene rings is 2.